The number of carbonyl (C=O) groups excluding carboxylic acids is 1. The van der Waals surface area contributed by atoms with E-state index in [-0.39, 0.29) is 17.6 Å². The van der Waals surface area contributed by atoms with Gasteiger partial charge in [-0.3, -0.25) is 4.79 Å². The number of rotatable bonds is 6. The second kappa shape index (κ2) is 6.93. The number of hydrogen-bond acceptors (Lipinski definition) is 4. The van der Waals surface area contributed by atoms with Crippen molar-refractivity contribution in [1.29, 1.82) is 0 Å². The monoisotopic (exact) mass is 244 g/mol. The van der Waals surface area contributed by atoms with Gasteiger partial charge in [0, 0.05) is 32.2 Å². The molecule has 1 atom stereocenters. The van der Waals surface area contributed by atoms with Crippen LogP contribution in [0.15, 0.2) is 0 Å². The second-order valence-corrected chi connectivity index (χ2v) is 4.90. The van der Waals surface area contributed by atoms with Crippen molar-refractivity contribution in [2.75, 3.05) is 32.9 Å². The van der Waals surface area contributed by atoms with Crippen LogP contribution in [0.4, 0.5) is 0 Å². The van der Waals surface area contributed by atoms with Crippen LogP contribution in [0.5, 0.6) is 0 Å². The maximum atomic E-state index is 11.7. The summed E-state index contributed by atoms with van der Waals surface area (Å²) in [6.07, 6.45) is 0.461. The molecule has 1 heterocycles. The summed E-state index contributed by atoms with van der Waals surface area (Å²) < 4.78 is 10.8. The molecule has 17 heavy (non-hydrogen) atoms. The molecule has 0 aromatic rings. The standard InChI is InChI=1S/C12H24N2O3/c1-4-17-12(2,3)9-14-11(15)7-10-8-16-6-5-13-10/h10,13H,4-9H2,1-3H3,(H,14,15). The third-order valence-electron chi connectivity index (χ3n) is 2.68. The highest BCUT2D eigenvalue weighted by atomic mass is 16.5. The van der Waals surface area contributed by atoms with Crippen molar-refractivity contribution in [3.63, 3.8) is 0 Å². The van der Waals surface area contributed by atoms with Gasteiger partial charge < -0.3 is 20.1 Å². The summed E-state index contributed by atoms with van der Waals surface area (Å²) in [4.78, 5) is 11.7. The molecule has 1 amide bonds. The van der Waals surface area contributed by atoms with E-state index in [4.69, 9.17) is 9.47 Å². The normalized spacial score (nSPS) is 21.2. The average molecular weight is 244 g/mol. The lowest BCUT2D eigenvalue weighted by Gasteiger charge is -2.26. The summed E-state index contributed by atoms with van der Waals surface area (Å²) in [5.74, 6) is 0.0424. The fourth-order valence-corrected chi connectivity index (χ4v) is 1.80. The van der Waals surface area contributed by atoms with E-state index in [1.165, 1.54) is 0 Å². The first-order chi connectivity index (χ1) is 8.03. The quantitative estimate of drug-likeness (QED) is 0.705. The molecule has 1 aliphatic heterocycles. The van der Waals surface area contributed by atoms with Gasteiger partial charge in [0.15, 0.2) is 0 Å². The molecule has 5 nitrogen and oxygen atoms in total. The first-order valence-electron chi connectivity index (χ1n) is 6.25. The van der Waals surface area contributed by atoms with Crippen LogP contribution in [0.3, 0.4) is 0 Å². The Balaban J connectivity index is 2.20. The van der Waals surface area contributed by atoms with Gasteiger partial charge in [0.1, 0.15) is 0 Å². The minimum absolute atomic E-state index is 0.0424. The van der Waals surface area contributed by atoms with Gasteiger partial charge in [-0.2, -0.15) is 0 Å². The van der Waals surface area contributed by atoms with Crippen molar-refractivity contribution in [3.8, 4) is 0 Å². The van der Waals surface area contributed by atoms with E-state index in [2.05, 4.69) is 10.6 Å². The van der Waals surface area contributed by atoms with Gasteiger partial charge in [0.2, 0.25) is 5.91 Å². The Kier molecular flexibility index (Phi) is 5.88. The van der Waals surface area contributed by atoms with Crippen molar-refractivity contribution in [2.45, 2.75) is 38.8 Å². The van der Waals surface area contributed by atoms with Gasteiger partial charge in [-0.15, -0.1) is 0 Å². The first-order valence-corrected chi connectivity index (χ1v) is 6.25. The lowest BCUT2D eigenvalue weighted by atomic mass is 10.1. The van der Waals surface area contributed by atoms with Crippen molar-refractivity contribution < 1.29 is 14.3 Å². The maximum Gasteiger partial charge on any atom is 0.221 e. The molecule has 1 saturated heterocycles. The molecule has 1 unspecified atom stereocenters. The van der Waals surface area contributed by atoms with Crippen LogP contribution in [-0.4, -0.2) is 50.5 Å². The highest BCUT2D eigenvalue weighted by molar-refractivity contribution is 5.76. The van der Waals surface area contributed by atoms with Crippen LogP contribution in [0.1, 0.15) is 27.2 Å². The molecule has 0 spiro atoms. The Labute approximate surface area is 103 Å². The van der Waals surface area contributed by atoms with Gasteiger partial charge >= 0.3 is 0 Å². The summed E-state index contributed by atoms with van der Waals surface area (Å²) >= 11 is 0. The Bertz CT molecular complexity index is 238. The summed E-state index contributed by atoms with van der Waals surface area (Å²) in [5.41, 5.74) is -0.305. The number of amides is 1. The average Bonchev–Trinajstić information content (AvgIpc) is 2.28. The molecule has 1 fully saturated rings. The Morgan fingerprint density at radius 2 is 2.35 bits per heavy atom. The number of nitrogens with one attached hydrogen (secondary N) is 2. The second-order valence-electron chi connectivity index (χ2n) is 4.90. The van der Waals surface area contributed by atoms with Crippen LogP contribution in [-0.2, 0) is 14.3 Å². The van der Waals surface area contributed by atoms with E-state index < -0.39 is 0 Å². The van der Waals surface area contributed by atoms with Crippen LogP contribution < -0.4 is 10.6 Å². The third kappa shape index (κ3) is 6.00. The van der Waals surface area contributed by atoms with E-state index in [0.717, 1.165) is 13.2 Å². The lowest BCUT2D eigenvalue weighted by molar-refractivity contribution is -0.123. The van der Waals surface area contributed by atoms with Gasteiger partial charge in [-0.1, -0.05) is 0 Å². The Morgan fingerprint density at radius 1 is 1.59 bits per heavy atom. The highest BCUT2D eigenvalue weighted by Gasteiger charge is 2.21. The van der Waals surface area contributed by atoms with Gasteiger partial charge in [0.05, 0.1) is 18.8 Å². The molecule has 0 bridgehead atoms. The third-order valence-corrected chi connectivity index (χ3v) is 2.68. The first kappa shape index (κ1) is 14.4. The van der Waals surface area contributed by atoms with Crippen LogP contribution in [0, 0.1) is 0 Å². The molecule has 0 saturated carbocycles. The number of carbonyl (C=O) groups is 1. The van der Waals surface area contributed by atoms with E-state index in [1.807, 2.05) is 20.8 Å². The Hall–Kier alpha value is -0.650. The summed E-state index contributed by atoms with van der Waals surface area (Å²) in [7, 11) is 0. The molecule has 5 heteroatoms. The maximum absolute atomic E-state index is 11.7. The molecule has 2 N–H and O–H groups in total. The van der Waals surface area contributed by atoms with Crippen LogP contribution in [0.25, 0.3) is 0 Å². The molecule has 1 rings (SSSR count). The summed E-state index contributed by atoms with van der Waals surface area (Å²) in [6.45, 7) is 9.25. The van der Waals surface area contributed by atoms with Crippen LogP contribution >= 0.6 is 0 Å². The fraction of sp³-hybridized carbons (Fsp3) is 0.917. The van der Waals surface area contributed by atoms with E-state index >= 15 is 0 Å². The molecule has 0 radical (unpaired) electrons. The number of ether oxygens (including phenoxy) is 2. The summed E-state index contributed by atoms with van der Waals surface area (Å²) in [5, 5.41) is 6.15. The van der Waals surface area contributed by atoms with Gasteiger partial charge in [0.25, 0.3) is 0 Å². The van der Waals surface area contributed by atoms with Crippen molar-refractivity contribution >= 4 is 5.91 Å². The van der Waals surface area contributed by atoms with E-state index in [9.17, 15) is 4.79 Å². The highest BCUT2D eigenvalue weighted by Crippen LogP contribution is 2.07. The molecule has 0 aromatic heterocycles. The number of morpholine rings is 1. The fourth-order valence-electron chi connectivity index (χ4n) is 1.80. The predicted octanol–water partition coefficient (Wildman–Crippen LogP) is 0.296. The summed E-state index contributed by atoms with van der Waals surface area (Å²) in [6, 6.07) is 0.138. The predicted molar refractivity (Wildman–Crippen MR) is 65.9 cm³/mol. The molecule has 100 valence electrons. The largest absolute Gasteiger partial charge is 0.378 e. The molecule has 0 aliphatic carbocycles. The zero-order valence-corrected chi connectivity index (χ0v) is 11.0. The van der Waals surface area contributed by atoms with Gasteiger partial charge in [-0.05, 0) is 20.8 Å². The molecule has 0 aromatic carbocycles. The minimum atomic E-state index is -0.305. The topological polar surface area (TPSA) is 59.6 Å². The van der Waals surface area contributed by atoms with Gasteiger partial charge in [-0.25, -0.2) is 0 Å². The smallest absolute Gasteiger partial charge is 0.221 e. The van der Waals surface area contributed by atoms with E-state index in [0.29, 0.717) is 26.2 Å². The van der Waals surface area contributed by atoms with Crippen molar-refractivity contribution in [1.82, 2.24) is 10.6 Å². The lowest BCUT2D eigenvalue weighted by Crippen LogP contribution is -2.46. The SMILES string of the molecule is CCOC(C)(C)CNC(=O)CC1COCCN1. The Morgan fingerprint density at radius 3 is 2.94 bits per heavy atom. The molecule has 1 aliphatic rings. The van der Waals surface area contributed by atoms with Crippen LogP contribution in [0.2, 0.25) is 0 Å². The van der Waals surface area contributed by atoms with Crippen molar-refractivity contribution in [3.05, 3.63) is 0 Å². The molecular weight excluding hydrogens is 220 g/mol. The minimum Gasteiger partial charge on any atom is -0.378 e. The zero-order chi connectivity index (χ0) is 12.7. The zero-order valence-electron chi connectivity index (χ0n) is 11.0. The van der Waals surface area contributed by atoms with Crippen molar-refractivity contribution in [2.24, 2.45) is 0 Å². The molecular formula is C12H24N2O3. The van der Waals surface area contributed by atoms with E-state index in [1.54, 1.807) is 0 Å². The number of hydrogen-bond donors (Lipinski definition) is 2.